The van der Waals surface area contributed by atoms with Gasteiger partial charge in [-0.15, -0.1) is 0 Å². The predicted molar refractivity (Wildman–Crippen MR) is 85.6 cm³/mol. The Kier molecular flexibility index (Phi) is 5.69. The Morgan fingerprint density at radius 2 is 1.68 bits per heavy atom. The van der Waals surface area contributed by atoms with Crippen molar-refractivity contribution in [2.45, 2.75) is 13.0 Å². The molecule has 8 heteroatoms. The van der Waals surface area contributed by atoms with Crippen molar-refractivity contribution in [2.24, 2.45) is 0 Å². The monoisotopic (exact) mass is 362 g/mol. The van der Waals surface area contributed by atoms with Crippen molar-refractivity contribution in [3.8, 4) is 17.2 Å². The molecule has 0 spiro atoms. The molecule has 1 atom stereocenters. The molecule has 0 amide bonds. The van der Waals surface area contributed by atoms with Crippen molar-refractivity contribution in [3.63, 3.8) is 0 Å². The van der Waals surface area contributed by atoms with Gasteiger partial charge in [-0.3, -0.25) is 0 Å². The Morgan fingerprint density at radius 3 is 2.23 bits per heavy atom. The fourth-order valence-electron chi connectivity index (χ4n) is 1.58. The molecule has 0 N–H and O–H groups in total. The summed E-state index contributed by atoms with van der Waals surface area (Å²) in [5, 5.41) is 0.512. The van der Waals surface area contributed by atoms with Crippen molar-refractivity contribution < 1.29 is 14.2 Å². The third-order valence-corrected chi connectivity index (χ3v) is 3.69. The van der Waals surface area contributed by atoms with Crippen molar-refractivity contribution in [2.75, 3.05) is 14.2 Å². The molecule has 5 nitrogen and oxygen atoms in total. The minimum Gasteiger partial charge on any atom is -0.497 e. The molecule has 22 heavy (non-hydrogen) atoms. The molecule has 1 unspecified atom stereocenters. The molecular weight excluding hydrogens is 351 g/mol. The van der Waals surface area contributed by atoms with Gasteiger partial charge >= 0.3 is 0 Å². The zero-order chi connectivity index (χ0) is 16.3. The van der Waals surface area contributed by atoms with Crippen LogP contribution >= 0.6 is 34.8 Å². The van der Waals surface area contributed by atoms with Gasteiger partial charge in [0.25, 0.3) is 0 Å². The molecular formula is C14H13Cl3N2O3. The lowest BCUT2D eigenvalue weighted by Crippen LogP contribution is -2.04. The molecule has 118 valence electrons. The van der Waals surface area contributed by atoms with Gasteiger partial charge in [-0.25, -0.2) is 9.97 Å². The van der Waals surface area contributed by atoms with Crippen LogP contribution < -0.4 is 9.47 Å². The fourth-order valence-corrected chi connectivity index (χ4v) is 2.22. The number of halogens is 3. The first-order chi connectivity index (χ1) is 10.5. The molecule has 0 fully saturated rings. The summed E-state index contributed by atoms with van der Waals surface area (Å²) in [6.45, 7) is 1.78. The van der Waals surface area contributed by atoms with E-state index >= 15 is 0 Å². The van der Waals surface area contributed by atoms with Gasteiger partial charge in [0.15, 0.2) is 16.1 Å². The highest BCUT2D eigenvalue weighted by Crippen LogP contribution is 2.38. The summed E-state index contributed by atoms with van der Waals surface area (Å²) < 4.78 is 15.9. The van der Waals surface area contributed by atoms with E-state index in [1.54, 1.807) is 25.1 Å². The van der Waals surface area contributed by atoms with Crippen LogP contribution in [0.5, 0.6) is 17.2 Å². The normalized spacial score (nSPS) is 12.1. The highest BCUT2D eigenvalue weighted by Gasteiger charge is 2.18. The molecule has 0 aliphatic rings. The molecule has 1 aromatic heterocycles. The molecule has 0 aliphatic heterocycles. The summed E-state index contributed by atoms with van der Waals surface area (Å²) in [6, 6.07) is 4.96. The van der Waals surface area contributed by atoms with Crippen LogP contribution in [-0.4, -0.2) is 24.2 Å². The number of hydrogen-bond donors (Lipinski definition) is 0. The number of ether oxygens (including phenoxy) is 3. The quantitative estimate of drug-likeness (QED) is 0.704. The topological polar surface area (TPSA) is 53.5 Å². The first-order valence-electron chi connectivity index (χ1n) is 6.23. The van der Waals surface area contributed by atoms with Crippen LogP contribution in [0, 0.1) is 0 Å². The summed E-state index contributed by atoms with van der Waals surface area (Å²) >= 11 is 18.3. The molecule has 1 aromatic carbocycles. The largest absolute Gasteiger partial charge is 0.497 e. The lowest BCUT2D eigenvalue weighted by atomic mass is 10.3. The average Bonchev–Trinajstić information content (AvgIpc) is 2.51. The first-order valence-corrected chi connectivity index (χ1v) is 7.36. The van der Waals surface area contributed by atoms with Crippen molar-refractivity contribution in [1.82, 2.24) is 9.97 Å². The zero-order valence-electron chi connectivity index (χ0n) is 12.1. The second kappa shape index (κ2) is 7.33. The van der Waals surface area contributed by atoms with Gasteiger partial charge in [-0.2, -0.15) is 0 Å². The van der Waals surface area contributed by atoms with Crippen LogP contribution in [-0.2, 0) is 4.74 Å². The van der Waals surface area contributed by atoms with E-state index in [9.17, 15) is 0 Å². The Hall–Kier alpha value is -1.27. The predicted octanol–water partition coefficient (Wildman–Crippen LogP) is 4.95. The average molecular weight is 364 g/mol. The van der Waals surface area contributed by atoms with Gasteiger partial charge in [0.05, 0.1) is 12.1 Å². The molecule has 0 bridgehead atoms. The first kappa shape index (κ1) is 17.1. The highest BCUT2D eigenvalue weighted by molar-refractivity contribution is 6.36. The van der Waals surface area contributed by atoms with E-state index in [0.717, 1.165) is 0 Å². The molecule has 2 aromatic rings. The lowest BCUT2D eigenvalue weighted by molar-refractivity contribution is 0.112. The van der Waals surface area contributed by atoms with Gasteiger partial charge in [0.1, 0.15) is 17.6 Å². The van der Waals surface area contributed by atoms with Gasteiger partial charge in [0.2, 0.25) is 5.75 Å². The van der Waals surface area contributed by atoms with Crippen LogP contribution in [0.25, 0.3) is 0 Å². The maximum atomic E-state index is 6.12. The maximum absolute atomic E-state index is 6.12. The van der Waals surface area contributed by atoms with Crippen molar-refractivity contribution in [3.05, 3.63) is 39.4 Å². The summed E-state index contributed by atoms with van der Waals surface area (Å²) in [7, 11) is 3.08. The second-order valence-electron chi connectivity index (χ2n) is 4.27. The summed E-state index contributed by atoms with van der Waals surface area (Å²) in [6.07, 6.45) is -0.343. The Morgan fingerprint density at radius 1 is 1.05 bits per heavy atom. The lowest BCUT2D eigenvalue weighted by Gasteiger charge is -2.13. The number of rotatable bonds is 5. The van der Waals surface area contributed by atoms with E-state index < -0.39 is 0 Å². The molecule has 0 saturated heterocycles. The Bertz CT molecular complexity index is 659. The zero-order valence-corrected chi connectivity index (χ0v) is 14.3. The Labute approximate surface area is 143 Å². The summed E-state index contributed by atoms with van der Waals surface area (Å²) in [5.41, 5.74) is 0. The molecule has 0 radical (unpaired) electrons. The Balaban J connectivity index is 2.38. The second-order valence-corrected chi connectivity index (χ2v) is 5.39. The van der Waals surface area contributed by atoms with Gasteiger partial charge in [-0.1, -0.05) is 34.8 Å². The number of aromatic nitrogens is 2. The van der Waals surface area contributed by atoms with Crippen LogP contribution in [0.4, 0.5) is 0 Å². The number of benzene rings is 1. The molecule has 2 rings (SSSR count). The summed E-state index contributed by atoms with van der Waals surface area (Å²) in [4.78, 5) is 8.24. The smallest absolute Gasteiger partial charge is 0.202 e. The van der Waals surface area contributed by atoms with Gasteiger partial charge < -0.3 is 14.2 Å². The van der Waals surface area contributed by atoms with E-state index in [0.29, 0.717) is 22.3 Å². The van der Waals surface area contributed by atoms with E-state index in [-0.39, 0.29) is 22.2 Å². The number of nitrogens with zero attached hydrogens (tertiary/aromatic N) is 2. The molecule has 0 aliphatic carbocycles. The van der Waals surface area contributed by atoms with Crippen LogP contribution in [0.3, 0.4) is 0 Å². The van der Waals surface area contributed by atoms with E-state index in [2.05, 4.69) is 9.97 Å². The van der Waals surface area contributed by atoms with Crippen molar-refractivity contribution in [1.29, 1.82) is 0 Å². The third kappa shape index (κ3) is 3.73. The molecule has 1 heterocycles. The summed E-state index contributed by atoms with van der Waals surface area (Å²) in [5.74, 6) is 1.39. The minimum atomic E-state index is -0.343. The SMILES string of the molecule is COc1ccc(Cl)c(Oc2c(Cl)nc(C(C)OC)nc2Cl)c1. The maximum Gasteiger partial charge on any atom is 0.202 e. The van der Waals surface area contributed by atoms with Gasteiger partial charge in [0, 0.05) is 13.2 Å². The van der Waals surface area contributed by atoms with E-state index in [1.807, 2.05) is 0 Å². The van der Waals surface area contributed by atoms with Crippen LogP contribution in [0.15, 0.2) is 18.2 Å². The molecule has 0 saturated carbocycles. The number of hydrogen-bond acceptors (Lipinski definition) is 5. The van der Waals surface area contributed by atoms with Crippen LogP contribution in [0.2, 0.25) is 15.3 Å². The minimum absolute atomic E-state index is 0.0674. The highest BCUT2D eigenvalue weighted by atomic mass is 35.5. The van der Waals surface area contributed by atoms with Crippen molar-refractivity contribution >= 4 is 34.8 Å². The fraction of sp³-hybridized carbons (Fsp3) is 0.286. The standard InChI is InChI=1S/C14H13Cl3N2O3/c1-7(20-2)14-18-12(16)11(13(17)19-14)22-10-6-8(21-3)4-5-9(10)15/h4-7H,1-3H3. The number of methoxy groups -OCH3 is 2. The third-order valence-electron chi connectivity index (χ3n) is 2.87. The van der Waals surface area contributed by atoms with Crippen LogP contribution in [0.1, 0.15) is 18.9 Å². The van der Waals surface area contributed by atoms with Gasteiger partial charge in [-0.05, 0) is 19.1 Å². The van der Waals surface area contributed by atoms with E-state index in [1.165, 1.54) is 14.2 Å². The van der Waals surface area contributed by atoms with E-state index in [4.69, 9.17) is 49.0 Å².